The lowest BCUT2D eigenvalue weighted by Gasteiger charge is -2.32. The average Bonchev–Trinajstić information content (AvgIpc) is 2.27. The largest absolute Gasteiger partial charge is 0.746 e. The molecule has 0 N–H and O–H groups in total. The fraction of sp³-hybridized carbons (Fsp3) is 0.455. The number of rotatable bonds is 6. The van der Waals surface area contributed by atoms with Crippen LogP contribution in [0.5, 0.6) is 5.75 Å². The molecule has 0 fully saturated rings. The Kier molecular flexibility index (Phi) is 4.68. The van der Waals surface area contributed by atoms with E-state index in [9.17, 15) is 19.6 Å². The molecule has 0 aliphatic heterocycles. The maximum absolute atomic E-state index is 11.6. The van der Waals surface area contributed by atoms with Crippen LogP contribution < -0.4 is 9.42 Å². The Labute approximate surface area is 110 Å². The predicted molar refractivity (Wildman–Crippen MR) is 66.8 cm³/mol. The molecule has 0 amide bonds. The van der Waals surface area contributed by atoms with Gasteiger partial charge >= 0.3 is 7.82 Å². The Bertz CT molecular complexity index is 498. The molecule has 0 saturated carbocycles. The highest BCUT2D eigenvalue weighted by atomic mass is 31.2. The third-order valence-electron chi connectivity index (χ3n) is 2.48. The van der Waals surface area contributed by atoms with E-state index >= 15 is 0 Å². The van der Waals surface area contributed by atoms with E-state index in [4.69, 9.17) is 9.05 Å². The van der Waals surface area contributed by atoms with Crippen LogP contribution in [0.25, 0.3) is 0 Å². The van der Waals surface area contributed by atoms with E-state index in [1.807, 2.05) is 0 Å². The molecule has 0 saturated heterocycles. The number of benzene rings is 1. The first-order chi connectivity index (χ1) is 8.65. The van der Waals surface area contributed by atoms with Gasteiger partial charge in [-0.25, -0.2) is 0 Å². The Morgan fingerprint density at radius 1 is 1.32 bits per heavy atom. The molecule has 0 bridgehead atoms. The lowest BCUT2D eigenvalue weighted by Crippen LogP contribution is -2.26. The summed E-state index contributed by atoms with van der Waals surface area (Å²) in [6.45, 7) is 5.03. The molecule has 7 nitrogen and oxygen atoms in total. The topological polar surface area (TPSA) is 102 Å². The van der Waals surface area contributed by atoms with Gasteiger partial charge in [0.2, 0.25) is 0 Å². The minimum Gasteiger partial charge on any atom is -0.746 e. The van der Waals surface area contributed by atoms with Gasteiger partial charge in [-0.2, -0.15) is 0 Å². The van der Waals surface area contributed by atoms with Crippen molar-refractivity contribution in [3.05, 3.63) is 34.4 Å². The zero-order valence-corrected chi connectivity index (χ0v) is 11.8. The highest BCUT2D eigenvalue weighted by Crippen LogP contribution is 2.44. The van der Waals surface area contributed by atoms with Gasteiger partial charge in [-0.3, -0.25) is 14.7 Å². The number of hydrogen-bond donors (Lipinski definition) is 0. The van der Waals surface area contributed by atoms with Crippen molar-refractivity contribution in [2.24, 2.45) is 0 Å². The van der Waals surface area contributed by atoms with Crippen LogP contribution in [0.2, 0.25) is 0 Å². The SMILES string of the molecule is CCC(C)(C)OP(=O)([O-])Oc1ccc([N+](=O)[O-])cc1. The van der Waals surface area contributed by atoms with Crippen LogP contribution in [0, 0.1) is 10.1 Å². The van der Waals surface area contributed by atoms with Crippen molar-refractivity contribution in [3.63, 3.8) is 0 Å². The number of non-ortho nitro benzene ring substituents is 1. The molecule has 0 aliphatic rings. The normalized spacial score (nSPS) is 14.7. The molecule has 1 unspecified atom stereocenters. The molecule has 0 aliphatic carbocycles. The number of nitro groups is 1. The van der Waals surface area contributed by atoms with Crippen LogP contribution in [-0.2, 0) is 9.09 Å². The van der Waals surface area contributed by atoms with Crippen LogP contribution in [0.3, 0.4) is 0 Å². The summed E-state index contributed by atoms with van der Waals surface area (Å²) < 4.78 is 21.3. The summed E-state index contributed by atoms with van der Waals surface area (Å²) in [6.07, 6.45) is 0.489. The van der Waals surface area contributed by atoms with Crippen molar-refractivity contribution in [1.82, 2.24) is 0 Å². The minimum absolute atomic E-state index is 0.0316. The molecule has 8 heteroatoms. The van der Waals surface area contributed by atoms with Gasteiger partial charge in [0.05, 0.1) is 10.5 Å². The molecule has 1 atom stereocenters. The van der Waals surface area contributed by atoms with Crippen LogP contribution in [0.1, 0.15) is 27.2 Å². The monoisotopic (exact) mass is 288 g/mol. The highest BCUT2D eigenvalue weighted by molar-refractivity contribution is 7.46. The lowest BCUT2D eigenvalue weighted by atomic mass is 10.1. The van der Waals surface area contributed by atoms with E-state index in [0.29, 0.717) is 6.42 Å². The van der Waals surface area contributed by atoms with Gasteiger partial charge in [0.25, 0.3) is 5.69 Å². The fourth-order valence-electron chi connectivity index (χ4n) is 1.14. The molecular weight excluding hydrogens is 273 g/mol. The summed E-state index contributed by atoms with van der Waals surface area (Å²) in [4.78, 5) is 21.5. The molecule has 1 rings (SSSR count). The van der Waals surface area contributed by atoms with E-state index in [0.717, 1.165) is 12.1 Å². The van der Waals surface area contributed by atoms with Gasteiger partial charge in [0.1, 0.15) is 5.75 Å². The summed E-state index contributed by atoms with van der Waals surface area (Å²) >= 11 is 0. The van der Waals surface area contributed by atoms with E-state index in [1.54, 1.807) is 20.8 Å². The van der Waals surface area contributed by atoms with Gasteiger partial charge in [-0.05, 0) is 32.4 Å². The second-order valence-corrected chi connectivity index (χ2v) is 5.75. The maximum atomic E-state index is 11.6. The molecule has 106 valence electrons. The summed E-state index contributed by atoms with van der Waals surface area (Å²) in [5.41, 5.74) is -1.01. The molecule has 1 aromatic rings. The third-order valence-corrected chi connectivity index (χ3v) is 3.63. The molecule has 0 aromatic heterocycles. The Morgan fingerprint density at radius 3 is 2.26 bits per heavy atom. The second-order valence-electron chi connectivity index (χ2n) is 4.49. The molecule has 0 heterocycles. The maximum Gasteiger partial charge on any atom is 0.320 e. The van der Waals surface area contributed by atoms with Gasteiger partial charge in [0.15, 0.2) is 0 Å². The smallest absolute Gasteiger partial charge is 0.320 e. The first-order valence-electron chi connectivity index (χ1n) is 5.61. The van der Waals surface area contributed by atoms with Gasteiger partial charge < -0.3 is 13.9 Å². The van der Waals surface area contributed by atoms with Crippen LogP contribution in [0.15, 0.2) is 24.3 Å². The van der Waals surface area contributed by atoms with E-state index < -0.39 is 18.3 Å². The summed E-state index contributed by atoms with van der Waals surface area (Å²) in [5, 5.41) is 10.4. The number of nitro benzene ring substituents is 1. The van der Waals surface area contributed by atoms with Crippen LogP contribution in [-0.4, -0.2) is 10.5 Å². The van der Waals surface area contributed by atoms with Gasteiger partial charge in [0, 0.05) is 12.1 Å². The van der Waals surface area contributed by atoms with E-state index in [-0.39, 0.29) is 11.4 Å². The first kappa shape index (κ1) is 15.6. The van der Waals surface area contributed by atoms with Crippen LogP contribution in [0.4, 0.5) is 5.69 Å². The first-order valence-corrected chi connectivity index (χ1v) is 7.07. The summed E-state index contributed by atoms with van der Waals surface area (Å²) in [6, 6.07) is 4.70. The van der Waals surface area contributed by atoms with Crippen molar-refractivity contribution in [2.45, 2.75) is 32.8 Å². The van der Waals surface area contributed by atoms with E-state index in [2.05, 4.69) is 0 Å². The minimum atomic E-state index is -4.51. The number of nitrogens with zero attached hydrogens (tertiary/aromatic N) is 1. The van der Waals surface area contributed by atoms with Crippen molar-refractivity contribution in [3.8, 4) is 5.75 Å². The highest BCUT2D eigenvalue weighted by Gasteiger charge is 2.24. The summed E-state index contributed by atoms with van der Waals surface area (Å²) in [7, 11) is -4.51. The average molecular weight is 288 g/mol. The number of hydrogen-bond acceptors (Lipinski definition) is 6. The summed E-state index contributed by atoms with van der Waals surface area (Å²) in [5.74, 6) is -0.0316. The van der Waals surface area contributed by atoms with E-state index in [1.165, 1.54) is 12.1 Å². The number of phosphoric acid groups is 1. The molecule has 19 heavy (non-hydrogen) atoms. The second kappa shape index (κ2) is 5.69. The Balaban J connectivity index is 2.78. The predicted octanol–water partition coefficient (Wildman–Crippen LogP) is 2.65. The van der Waals surface area contributed by atoms with Crippen molar-refractivity contribution in [1.29, 1.82) is 0 Å². The van der Waals surface area contributed by atoms with Crippen LogP contribution >= 0.6 is 7.82 Å². The van der Waals surface area contributed by atoms with Crippen molar-refractivity contribution in [2.75, 3.05) is 0 Å². The lowest BCUT2D eigenvalue weighted by molar-refractivity contribution is -0.384. The van der Waals surface area contributed by atoms with Gasteiger partial charge in [-0.1, -0.05) is 6.92 Å². The van der Waals surface area contributed by atoms with Gasteiger partial charge in [-0.15, -0.1) is 0 Å². The Hall–Kier alpha value is -1.43. The van der Waals surface area contributed by atoms with Crippen molar-refractivity contribution < 1.29 is 23.4 Å². The Morgan fingerprint density at radius 2 is 1.84 bits per heavy atom. The zero-order chi connectivity index (χ0) is 14.7. The molecule has 1 aromatic carbocycles. The quantitative estimate of drug-likeness (QED) is 0.453. The molecule has 0 radical (unpaired) electrons. The standard InChI is InChI=1S/C11H16NO6P/c1-4-11(2,3)18-19(15,16)17-10-7-5-9(6-8-10)12(13)14/h5-8H,4H2,1-3H3,(H,15,16)/p-1. The fourth-order valence-corrected chi connectivity index (χ4v) is 2.30. The molecular formula is C11H15NO6P-. The number of phosphoric ester groups is 1. The molecule has 0 spiro atoms. The van der Waals surface area contributed by atoms with Crippen molar-refractivity contribution >= 4 is 13.5 Å². The third kappa shape index (κ3) is 4.98. The zero-order valence-electron chi connectivity index (χ0n) is 10.9.